The van der Waals surface area contributed by atoms with Gasteiger partial charge in [0.2, 0.25) is 5.88 Å². The van der Waals surface area contributed by atoms with E-state index in [0.717, 1.165) is 0 Å². The lowest BCUT2D eigenvalue weighted by Gasteiger charge is -2.36. The summed E-state index contributed by atoms with van der Waals surface area (Å²) < 4.78 is 17.8. The molecule has 0 aromatic carbocycles. The van der Waals surface area contributed by atoms with Crippen LogP contribution in [0.5, 0.6) is 5.88 Å². The molecule has 1 heterocycles. The number of nitrogens with zero attached hydrogens (tertiary/aromatic N) is 2. The molecule has 0 unspecified atom stereocenters. The summed E-state index contributed by atoms with van der Waals surface area (Å²) in [6.45, 7) is 14.3. The normalized spacial score (nSPS) is 12.3. The summed E-state index contributed by atoms with van der Waals surface area (Å²) in [5.74, 6) is 0.000932. The number of carbonyl (C=O) groups is 1. The highest BCUT2D eigenvalue weighted by Crippen LogP contribution is 2.36. The molecule has 0 bridgehead atoms. The van der Waals surface area contributed by atoms with Crippen LogP contribution in [0.25, 0.3) is 0 Å². The number of methoxy groups -OCH3 is 1. The van der Waals surface area contributed by atoms with Gasteiger partial charge in [-0.05, 0) is 25.1 Å². The second-order valence-corrected chi connectivity index (χ2v) is 11.4. The lowest BCUT2D eigenvalue weighted by atomic mass is 10.2. The molecule has 0 amide bonds. The van der Waals surface area contributed by atoms with Crippen LogP contribution in [0.2, 0.25) is 18.1 Å². The van der Waals surface area contributed by atoms with Gasteiger partial charge in [0.05, 0.1) is 26.9 Å². The highest BCUT2D eigenvalue weighted by molar-refractivity contribution is 6.74. The first kappa shape index (κ1) is 18.7. The molecule has 1 aromatic heterocycles. The van der Waals surface area contributed by atoms with Gasteiger partial charge >= 0.3 is 5.97 Å². The average molecular weight is 328 g/mol. The van der Waals surface area contributed by atoms with Crippen LogP contribution in [0.15, 0.2) is 6.07 Å². The molecule has 0 aliphatic heterocycles. The summed E-state index contributed by atoms with van der Waals surface area (Å²) in [7, 11) is -0.455. The minimum Gasteiger partial charge on any atom is -0.477 e. The van der Waals surface area contributed by atoms with Crippen LogP contribution >= 0.6 is 0 Å². The predicted molar refractivity (Wildman–Crippen MR) is 87.9 cm³/mol. The zero-order valence-electron chi connectivity index (χ0n) is 14.7. The lowest BCUT2D eigenvalue weighted by molar-refractivity contribution is 0.0585. The Bertz CT molecular complexity index is 506. The Morgan fingerprint density at radius 1 is 1.36 bits per heavy atom. The van der Waals surface area contributed by atoms with Gasteiger partial charge in [-0.25, -0.2) is 4.79 Å². The number of aromatic nitrogens is 2. The van der Waals surface area contributed by atoms with Crippen molar-refractivity contribution in [3.63, 3.8) is 0 Å². The summed E-state index contributed by atoms with van der Waals surface area (Å²) >= 11 is 0. The fraction of sp³-hybridized carbons (Fsp3) is 0.733. The second-order valence-electron chi connectivity index (χ2n) is 6.62. The zero-order chi connectivity index (χ0) is 17.0. The Morgan fingerprint density at radius 2 is 2.00 bits per heavy atom. The smallest absolute Gasteiger partial charge is 0.356 e. The van der Waals surface area contributed by atoms with E-state index in [1.165, 1.54) is 7.11 Å². The van der Waals surface area contributed by atoms with E-state index in [1.807, 2.05) is 6.92 Å². The molecule has 0 N–H and O–H groups in total. The Hall–Kier alpha value is -1.34. The molecule has 126 valence electrons. The van der Waals surface area contributed by atoms with E-state index in [2.05, 4.69) is 39.0 Å². The number of ether oxygens (including phenoxy) is 2. The van der Waals surface area contributed by atoms with E-state index in [-0.39, 0.29) is 5.04 Å². The van der Waals surface area contributed by atoms with Gasteiger partial charge < -0.3 is 13.9 Å². The summed E-state index contributed by atoms with van der Waals surface area (Å²) in [5.41, 5.74) is 0.379. The second kappa shape index (κ2) is 7.28. The van der Waals surface area contributed by atoms with Crippen LogP contribution in [-0.2, 0) is 15.7 Å². The molecule has 0 radical (unpaired) electrons. The molecule has 0 spiro atoms. The molecule has 22 heavy (non-hydrogen) atoms. The summed E-state index contributed by atoms with van der Waals surface area (Å²) in [6, 6.07) is 1.60. The number of hydrogen-bond acceptors (Lipinski definition) is 5. The number of esters is 1. The third kappa shape index (κ3) is 4.57. The van der Waals surface area contributed by atoms with Crippen LogP contribution in [0.4, 0.5) is 0 Å². The third-order valence-electron chi connectivity index (χ3n) is 4.02. The molecule has 0 fully saturated rings. The molecule has 6 nitrogen and oxygen atoms in total. The maximum atomic E-state index is 11.8. The fourth-order valence-corrected chi connectivity index (χ4v) is 2.69. The molecular formula is C15H28N2O4Si. The molecular weight excluding hydrogens is 300 g/mol. The van der Waals surface area contributed by atoms with E-state index in [9.17, 15) is 4.79 Å². The first-order valence-corrected chi connectivity index (χ1v) is 10.5. The number of carbonyl (C=O) groups excluding carboxylic acids is 1. The molecule has 1 aromatic rings. The van der Waals surface area contributed by atoms with E-state index >= 15 is 0 Å². The summed E-state index contributed by atoms with van der Waals surface area (Å²) in [4.78, 5) is 11.8. The first-order valence-electron chi connectivity index (χ1n) is 7.55. The first-order chi connectivity index (χ1) is 10.1. The van der Waals surface area contributed by atoms with Crippen molar-refractivity contribution in [2.24, 2.45) is 0 Å². The molecule has 0 atom stereocenters. The summed E-state index contributed by atoms with van der Waals surface area (Å²) in [5, 5.41) is 4.43. The van der Waals surface area contributed by atoms with Crippen LogP contribution in [-0.4, -0.2) is 44.4 Å². The van der Waals surface area contributed by atoms with E-state index < -0.39 is 14.3 Å². The molecule has 0 aliphatic rings. The quantitative estimate of drug-likeness (QED) is 0.568. The van der Waals surface area contributed by atoms with Crippen molar-refractivity contribution in [3.05, 3.63) is 11.8 Å². The van der Waals surface area contributed by atoms with E-state index in [1.54, 1.807) is 10.7 Å². The zero-order valence-corrected chi connectivity index (χ0v) is 15.7. The van der Waals surface area contributed by atoms with Crippen molar-refractivity contribution in [2.45, 2.75) is 52.4 Å². The SMILES string of the molecule is CCOc1cc(C(=O)OC)n(CCO[Si](C)(C)C(C)(C)C)n1. The predicted octanol–water partition coefficient (Wildman–Crippen LogP) is 3.09. The van der Waals surface area contributed by atoms with Crippen LogP contribution in [0.3, 0.4) is 0 Å². The van der Waals surface area contributed by atoms with E-state index in [0.29, 0.717) is 31.3 Å². The Labute approximate surface area is 133 Å². The highest BCUT2D eigenvalue weighted by atomic mass is 28.4. The van der Waals surface area contributed by atoms with Crippen molar-refractivity contribution in [1.29, 1.82) is 0 Å². The Morgan fingerprint density at radius 3 is 2.50 bits per heavy atom. The molecule has 1 rings (SSSR count). The van der Waals surface area contributed by atoms with Crippen LogP contribution < -0.4 is 4.74 Å². The van der Waals surface area contributed by atoms with Crippen LogP contribution in [0.1, 0.15) is 38.2 Å². The topological polar surface area (TPSA) is 62.6 Å². The van der Waals surface area contributed by atoms with E-state index in [4.69, 9.17) is 13.9 Å². The Balaban J connectivity index is 2.78. The maximum absolute atomic E-state index is 11.8. The molecule has 0 saturated carbocycles. The monoisotopic (exact) mass is 328 g/mol. The fourth-order valence-electron chi connectivity index (χ4n) is 1.65. The van der Waals surface area contributed by atoms with Gasteiger partial charge in [-0.1, -0.05) is 20.8 Å². The standard InChI is InChI=1S/C15H28N2O4Si/c1-8-20-13-11-12(14(18)19-5)17(16-13)9-10-21-22(6,7)15(2,3)4/h11H,8-10H2,1-7H3. The molecule has 0 aliphatic carbocycles. The largest absolute Gasteiger partial charge is 0.477 e. The van der Waals surface area contributed by atoms with Crippen molar-refractivity contribution in [2.75, 3.05) is 20.3 Å². The van der Waals surface area contributed by atoms with Crippen LogP contribution in [0, 0.1) is 0 Å². The minimum atomic E-state index is -1.81. The van der Waals surface area contributed by atoms with Gasteiger partial charge in [0, 0.05) is 6.07 Å². The van der Waals surface area contributed by atoms with Crippen molar-refractivity contribution in [1.82, 2.24) is 9.78 Å². The van der Waals surface area contributed by atoms with Gasteiger partial charge in [0.1, 0.15) is 5.69 Å². The third-order valence-corrected chi connectivity index (χ3v) is 8.55. The lowest BCUT2D eigenvalue weighted by Crippen LogP contribution is -2.41. The van der Waals surface area contributed by atoms with Gasteiger partial charge in [-0.15, -0.1) is 5.10 Å². The van der Waals surface area contributed by atoms with Crippen molar-refractivity contribution in [3.8, 4) is 5.88 Å². The minimum absolute atomic E-state index is 0.152. The average Bonchev–Trinajstić information content (AvgIpc) is 2.80. The molecule has 7 heteroatoms. The van der Waals surface area contributed by atoms with Crippen molar-refractivity contribution >= 4 is 14.3 Å². The number of rotatable bonds is 7. The maximum Gasteiger partial charge on any atom is 0.356 e. The Kier molecular flexibility index (Phi) is 6.19. The molecule has 0 saturated heterocycles. The van der Waals surface area contributed by atoms with Crippen molar-refractivity contribution < 1.29 is 18.7 Å². The number of hydrogen-bond donors (Lipinski definition) is 0. The van der Waals surface area contributed by atoms with Gasteiger partial charge in [0.15, 0.2) is 8.32 Å². The van der Waals surface area contributed by atoms with Gasteiger partial charge in [-0.3, -0.25) is 4.68 Å². The van der Waals surface area contributed by atoms with Gasteiger partial charge in [-0.2, -0.15) is 0 Å². The summed E-state index contributed by atoms with van der Waals surface area (Å²) in [6.07, 6.45) is 0. The highest BCUT2D eigenvalue weighted by Gasteiger charge is 2.37. The van der Waals surface area contributed by atoms with Gasteiger partial charge in [0.25, 0.3) is 0 Å².